The largest absolute Gasteiger partial charge is 0.545 e. The predicted molar refractivity (Wildman–Crippen MR) is 97.7 cm³/mol. The number of carbonyl (C=O) groups is 1. The highest BCUT2D eigenvalue weighted by Crippen LogP contribution is 2.24. The van der Waals surface area contributed by atoms with Gasteiger partial charge in [0.05, 0.1) is 34.5 Å². The molecule has 0 bridgehead atoms. The zero-order valence-corrected chi connectivity index (χ0v) is 16.4. The first-order valence-electron chi connectivity index (χ1n) is 7.63. The number of nitrogens with zero attached hydrogens (tertiary/aromatic N) is 1. The Hall–Kier alpha value is -2.38. The number of carboxylic acids is 1. The topological polar surface area (TPSA) is 170 Å². The Morgan fingerprint density at radius 3 is 2.32 bits per heavy atom. The van der Waals surface area contributed by atoms with E-state index >= 15 is 0 Å². The van der Waals surface area contributed by atoms with Crippen LogP contribution < -0.4 is 9.83 Å². The minimum Gasteiger partial charge on any atom is -0.545 e. The molecule has 0 radical (unpaired) electrons. The monoisotopic (exact) mass is 473 g/mol. The second-order valence-electron chi connectivity index (χ2n) is 5.63. The van der Waals surface area contributed by atoms with Crippen molar-refractivity contribution in [3.8, 4) is 0 Å². The van der Waals surface area contributed by atoms with Gasteiger partial charge in [-0.1, -0.05) is 15.9 Å². The summed E-state index contributed by atoms with van der Waals surface area (Å²) in [6.45, 7) is -0.790. The Bertz CT molecular complexity index is 994. The second kappa shape index (κ2) is 8.75. The van der Waals surface area contributed by atoms with Gasteiger partial charge in [-0.05, 0) is 35.9 Å². The van der Waals surface area contributed by atoms with Crippen LogP contribution >= 0.6 is 15.9 Å². The standard InChI is InChI=1S/C16H15BrN2O8S/c17-13-6-5-11(7-12(13)16(22)23)28(26,27)18-14(8-20)15(21)9-1-3-10(4-2-9)19(24)25/h1-7,14-15,18,20-21H,8H2,(H,22,23)/p-1/t14-,15-/m1/s1. The average molecular weight is 474 g/mol. The maximum absolute atomic E-state index is 12.5. The lowest BCUT2D eigenvalue weighted by Crippen LogP contribution is -2.42. The fourth-order valence-electron chi connectivity index (χ4n) is 2.32. The number of aliphatic hydroxyl groups is 2. The van der Waals surface area contributed by atoms with Gasteiger partial charge < -0.3 is 20.1 Å². The number of nitro groups is 1. The predicted octanol–water partition coefficient (Wildman–Crippen LogP) is 0.0936. The Kier molecular flexibility index (Phi) is 6.85. The highest BCUT2D eigenvalue weighted by molar-refractivity contribution is 9.10. The van der Waals surface area contributed by atoms with E-state index in [9.17, 15) is 38.6 Å². The third kappa shape index (κ3) is 4.91. The molecule has 0 heterocycles. The number of rotatable bonds is 8. The number of aliphatic hydroxyl groups excluding tert-OH is 2. The first kappa shape index (κ1) is 21.9. The number of carbonyl (C=O) groups excluding carboxylic acids is 1. The summed E-state index contributed by atoms with van der Waals surface area (Å²) >= 11 is 2.97. The molecule has 0 fully saturated rings. The molecule has 2 aromatic carbocycles. The lowest BCUT2D eigenvalue weighted by atomic mass is 10.0. The van der Waals surface area contributed by atoms with Gasteiger partial charge in [0.25, 0.3) is 5.69 Å². The van der Waals surface area contributed by atoms with Gasteiger partial charge in [-0.25, -0.2) is 13.1 Å². The summed E-state index contributed by atoms with van der Waals surface area (Å²) in [6, 6.07) is 6.54. The molecule has 0 spiro atoms. The van der Waals surface area contributed by atoms with Crippen LogP contribution in [0.5, 0.6) is 0 Å². The van der Waals surface area contributed by atoms with Crippen LogP contribution in [0.4, 0.5) is 5.69 Å². The van der Waals surface area contributed by atoms with Crippen LogP contribution in [-0.4, -0.2) is 42.2 Å². The number of benzene rings is 2. The molecule has 0 saturated carbocycles. The van der Waals surface area contributed by atoms with Crippen LogP contribution in [-0.2, 0) is 10.0 Å². The van der Waals surface area contributed by atoms with E-state index in [-0.39, 0.29) is 21.3 Å². The van der Waals surface area contributed by atoms with E-state index in [4.69, 9.17) is 0 Å². The van der Waals surface area contributed by atoms with E-state index < -0.39 is 44.6 Å². The van der Waals surface area contributed by atoms with Crippen molar-refractivity contribution in [3.05, 3.63) is 68.2 Å². The van der Waals surface area contributed by atoms with Gasteiger partial charge in [0.1, 0.15) is 0 Å². The Morgan fingerprint density at radius 2 is 1.82 bits per heavy atom. The number of hydrogen-bond acceptors (Lipinski definition) is 8. The number of halogens is 1. The summed E-state index contributed by atoms with van der Waals surface area (Å²) in [5.41, 5.74) is -0.473. The second-order valence-corrected chi connectivity index (χ2v) is 8.20. The molecule has 0 saturated heterocycles. The van der Waals surface area contributed by atoms with Crippen molar-refractivity contribution in [2.45, 2.75) is 17.0 Å². The quantitative estimate of drug-likeness (QED) is 0.357. The zero-order chi connectivity index (χ0) is 21.1. The summed E-state index contributed by atoms with van der Waals surface area (Å²) < 4.78 is 27.2. The summed E-state index contributed by atoms with van der Waals surface area (Å²) in [5, 5.41) is 41.6. The first-order chi connectivity index (χ1) is 13.1. The maximum atomic E-state index is 12.5. The van der Waals surface area contributed by atoms with Crippen molar-refractivity contribution >= 4 is 37.6 Å². The summed E-state index contributed by atoms with van der Waals surface area (Å²) in [6.07, 6.45) is -1.52. The van der Waals surface area contributed by atoms with Crippen LogP contribution in [0.3, 0.4) is 0 Å². The number of non-ortho nitro benzene ring substituents is 1. The third-order valence-corrected chi connectivity index (χ3v) is 5.98. The maximum Gasteiger partial charge on any atom is 0.269 e. The third-order valence-electron chi connectivity index (χ3n) is 3.80. The molecule has 28 heavy (non-hydrogen) atoms. The zero-order valence-electron chi connectivity index (χ0n) is 14.0. The molecule has 12 heteroatoms. The molecule has 0 unspecified atom stereocenters. The van der Waals surface area contributed by atoms with Crippen LogP contribution in [0.25, 0.3) is 0 Å². The molecular formula is C16H14BrN2O8S-. The van der Waals surface area contributed by atoms with E-state index in [0.29, 0.717) is 0 Å². The van der Waals surface area contributed by atoms with Gasteiger partial charge in [0, 0.05) is 22.2 Å². The smallest absolute Gasteiger partial charge is 0.269 e. The highest BCUT2D eigenvalue weighted by atomic mass is 79.9. The first-order valence-corrected chi connectivity index (χ1v) is 9.91. The van der Waals surface area contributed by atoms with Crippen LogP contribution in [0, 0.1) is 10.1 Å². The van der Waals surface area contributed by atoms with E-state index in [0.717, 1.165) is 24.3 Å². The van der Waals surface area contributed by atoms with Crippen LogP contribution in [0.15, 0.2) is 51.8 Å². The Labute approximate surface area is 167 Å². The van der Waals surface area contributed by atoms with Crippen molar-refractivity contribution in [2.75, 3.05) is 6.61 Å². The SMILES string of the molecule is O=C([O-])c1cc(S(=O)(=O)N[C@H](CO)[C@H](O)c2ccc([N+](=O)[O-])cc2)ccc1Br. The van der Waals surface area contributed by atoms with Gasteiger partial charge in [-0.3, -0.25) is 10.1 Å². The normalized spacial score (nSPS) is 13.7. The molecule has 0 amide bonds. The molecule has 0 aromatic heterocycles. The van der Waals surface area contributed by atoms with Crippen LogP contribution in [0.1, 0.15) is 22.0 Å². The molecule has 0 aliphatic heterocycles. The van der Waals surface area contributed by atoms with Gasteiger partial charge in [-0.2, -0.15) is 0 Å². The number of hydrogen-bond donors (Lipinski definition) is 3. The average Bonchev–Trinajstić information content (AvgIpc) is 2.65. The fourth-order valence-corrected chi connectivity index (χ4v) is 3.99. The molecule has 2 aromatic rings. The molecule has 0 aliphatic rings. The van der Waals surface area contributed by atoms with Crippen molar-refractivity contribution in [3.63, 3.8) is 0 Å². The molecule has 10 nitrogen and oxygen atoms in total. The fraction of sp³-hybridized carbons (Fsp3) is 0.188. The highest BCUT2D eigenvalue weighted by Gasteiger charge is 2.27. The van der Waals surface area contributed by atoms with Gasteiger partial charge in [0.2, 0.25) is 10.0 Å². The number of nitrogens with one attached hydrogen (secondary N) is 1. The van der Waals surface area contributed by atoms with Crippen molar-refractivity contribution in [2.24, 2.45) is 0 Å². The summed E-state index contributed by atoms with van der Waals surface area (Å²) in [7, 11) is -4.31. The molecule has 2 rings (SSSR count). The van der Waals surface area contributed by atoms with Gasteiger partial charge in [0.15, 0.2) is 0 Å². The lowest BCUT2D eigenvalue weighted by molar-refractivity contribution is -0.384. The number of carboxylic acid groups (broad SMARTS) is 1. The van der Waals surface area contributed by atoms with Crippen molar-refractivity contribution in [1.82, 2.24) is 4.72 Å². The molecule has 2 atom stereocenters. The number of aromatic carboxylic acids is 1. The van der Waals surface area contributed by atoms with E-state index in [1.54, 1.807) is 0 Å². The Balaban J connectivity index is 2.28. The molecule has 150 valence electrons. The number of nitro benzene ring substituents is 1. The molecule has 0 aliphatic carbocycles. The van der Waals surface area contributed by atoms with Crippen molar-refractivity contribution in [1.29, 1.82) is 0 Å². The minimum absolute atomic E-state index is 0.121. The van der Waals surface area contributed by atoms with E-state index in [1.807, 2.05) is 0 Å². The lowest BCUT2D eigenvalue weighted by Gasteiger charge is -2.22. The Morgan fingerprint density at radius 1 is 1.21 bits per heavy atom. The molecule has 3 N–H and O–H groups in total. The number of sulfonamides is 1. The van der Waals surface area contributed by atoms with E-state index in [1.165, 1.54) is 18.2 Å². The summed E-state index contributed by atoms with van der Waals surface area (Å²) in [5.74, 6) is -1.59. The minimum atomic E-state index is -4.31. The summed E-state index contributed by atoms with van der Waals surface area (Å²) in [4.78, 5) is 20.7. The molecular weight excluding hydrogens is 460 g/mol. The van der Waals surface area contributed by atoms with Gasteiger partial charge in [-0.15, -0.1) is 0 Å². The van der Waals surface area contributed by atoms with Gasteiger partial charge >= 0.3 is 0 Å². The van der Waals surface area contributed by atoms with Crippen LogP contribution in [0.2, 0.25) is 0 Å². The van der Waals surface area contributed by atoms with E-state index in [2.05, 4.69) is 20.7 Å². The van der Waals surface area contributed by atoms with Crippen molar-refractivity contribution < 1.29 is 33.5 Å².